The molecule has 0 saturated heterocycles. The van der Waals surface area contributed by atoms with Crippen molar-refractivity contribution < 1.29 is 25.2 Å². The van der Waals surface area contributed by atoms with Crippen molar-refractivity contribution in [3.63, 3.8) is 0 Å². The van der Waals surface area contributed by atoms with E-state index < -0.39 is 20.2 Å². The van der Waals surface area contributed by atoms with E-state index in [0.717, 1.165) is 6.26 Å². The van der Waals surface area contributed by atoms with E-state index in [1.165, 1.54) is 12.1 Å². The molecule has 8 heteroatoms. The van der Waals surface area contributed by atoms with Gasteiger partial charge in [0.25, 0.3) is 0 Å². The summed E-state index contributed by atoms with van der Waals surface area (Å²) in [4.78, 5) is 0. The van der Waals surface area contributed by atoms with Crippen molar-refractivity contribution in [1.82, 2.24) is 0 Å². The highest BCUT2D eigenvalue weighted by Gasteiger charge is 2.23. The first-order chi connectivity index (χ1) is 7.75. The second-order valence-electron chi connectivity index (χ2n) is 3.65. The molecule has 0 saturated carbocycles. The molecule has 0 unspecified atom stereocenters. The summed E-state index contributed by atoms with van der Waals surface area (Å²) >= 11 is 0. The van der Waals surface area contributed by atoms with Crippen LogP contribution >= 0.6 is 0 Å². The van der Waals surface area contributed by atoms with Gasteiger partial charge in [-0.15, -0.1) is 0 Å². The molecule has 0 bridgehead atoms. The number of rotatable bonds is 2. The van der Waals surface area contributed by atoms with Crippen LogP contribution in [0.25, 0.3) is 0 Å². The van der Waals surface area contributed by atoms with Gasteiger partial charge in [0.1, 0.15) is 11.5 Å². The van der Waals surface area contributed by atoms with Gasteiger partial charge in [0.05, 0.1) is 12.0 Å². The molecule has 0 atom stereocenters. The Kier molecular flexibility index (Phi) is 2.78. The summed E-state index contributed by atoms with van der Waals surface area (Å²) in [6.45, 7) is 0. The zero-order valence-electron chi connectivity index (χ0n) is 8.91. The van der Waals surface area contributed by atoms with Crippen molar-refractivity contribution >= 4 is 20.2 Å². The molecule has 6 nitrogen and oxygen atoms in total. The molecule has 1 aliphatic rings. The van der Waals surface area contributed by atoms with Gasteiger partial charge in [0, 0.05) is 6.07 Å². The molecule has 0 radical (unpaired) electrons. The molecule has 0 aromatic heterocycles. The van der Waals surface area contributed by atoms with Crippen LogP contribution in [0.5, 0.6) is 11.5 Å². The Morgan fingerprint density at radius 3 is 2.71 bits per heavy atom. The normalized spacial score (nSPS) is 17.9. The summed E-state index contributed by atoms with van der Waals surface area (Å²) in [7, 11) is -7.20. The standard InChI is InChI=1S/C9H10O6S2/c1-16(10,11)14-8-3-2-7-4-5-17(12,13)15-9(7)6-8/h2-3,6H,4-5H2,1H3. The highest BCUT2D eigenvalue weighted by atomic mass is 32.2. The van der Waals surface area contributed by atoms with Gasteiger partial charge >= 0.3 is 20.2 Å². The Bertz CT molecular complexity index is 644. The Labute approximate surface area is 99.4 Å². The second kappa shape index (κ2) is 3.88. The zero-order chi connectivity index (χ0) is 12.7. The lowest BCUT2D eigenvalue weighted by Crippen LogP contribution is -2.21. The molecule has 17 heavy (non-hydrogen) atoms. The third-order valence-electron chi connectivity index (χ3n) is 2.12. The predicted octanol–water partition coefficient (Wildman–Crippen LogP) is 0.290. The summed E-state index contributed by atoms with van der Waals surface area (Å²) in [5.41, 5.74) is 0.709. The number of benzene rings is 1. The third-order valence-corrected chi connectivity index (χ3v) is 3.76. The molecule has 94 valence electrons. The summed E-state index contributed by atoms with van der Waals surface area (Å²) in [6.07, 6.45) is 1.25. The van der Waals surface area contributed by atoms with Crippen LogP contribution < -0.4 is 8.37 Å². The van der Waals surface area contributed by atoms with Crippen molar-refractivity contribution in [2.24, 2.45) is 0 Å². The van der Waals surface area contributed by atoms with Crippen LogP contribution in [0, 0.1) is 0 Å². The lowest BCUT2D eigenvalue weighted by Gasteiger charge is -2.17. The first-order valence-corrected chi connectivity index (χ1v) is 8.09. The maximum Gasteiger partial charge on any atom is 0.309 e. The molecule has 1 aliphatic heterocycles. The zero-order valence-corrected chi connectivity index (χ0v) is 10.5. The third kappa shape index (κ3) is 3.10. The minimum atomic E-state index is -3.64. The topological polar surface area (TPSA) is 86.7 Å². The Morgan fingerprint density at radius 1 is 1.35 bits per heavy atom. The molecule has 1 aromatic carbocycles. The van der Waals surface area contributed by atoms with Gasteiger partial charge in [-0.3, -0.25) is 0 Å². The van der Waals surface area contributed by atoms with Crippen LogP contribution in [0.3, 0.4) is 0 Å². The quantitative estimate of drug-likeness (QED) is 0.723. The van der Waals surface area contributed by atoms with Crippen molar-refractivity contribution in [2.75, 3.05) is 12.0 Å². The largest absolute Gasteiger partial charge is 0.382 e. The van der Waals surface area contributed by atoms with Gasteiger partial charge in [-0.05, 0) is 18.1 Å². The van der Waals surface area contributed by atoms with E-state index in [-0.39, 0.29) is 17.3 Å². The fraction of sp³-hybridized carbons (Fsp3) is 0.333. The molecule has 0 aliphatic carbocycles. The van der Waals surface area contributed by atoms with Crippen LogP contribution in [0.15, 0.2) is 18.2 Å². The average molecular weight is 278 g/mol. The Hall–Kier alpha value is -1.28. The van der Waals surface area contributed by atoms with Gasteiger partial charge in [-0.25, -0.2) is 0 Å². The van der Waals surface area contributed by atoms with Crippen LogP contribution in [-0.2, 0) is 26.7 Å². The van der Waals surface area contributed by atoms with Gasteiger partial charge in [-0.2, -0.15) is 16.8 Å². The highest BCUT2D eigenvalue weighted by molar-refractivity contribution is 7.87. The molecule has 0 amide bonds. The molecule has 1 aromatic rings. The number of fused-ring (bicyclic) bond motifs is 1. The molecule has 0 N–H and O–H groups in total. The van der Waals surface area contributed by atoms with E-state index in [2.05, 4.69) is 4.18 Å². The smallest absolute Gasteiger partial charge is 0.309 e. The number of hydrogen-bond acceptors (Lipinski definition) is 6. The second-order valence-corrected chi connectivity index (χ2v) is 6.92. The summed E-state index contributed by atoms with van der Waals surface area (Å²) < 4.78 is 53.7. The Balaban J connectivity index is 2.37. The van der Waals surface area contributed by atoms with Crippen molar-refractivity contribution in [2.45, 2.75) is 6.42 Å². The summed E-state index contributed by atoms with van der Waals surface area (Å²) in [5, 5.41) is 0. The molecule has 2 rings (SSSR count). The molecular weight excluding hydrogens is 268 g/mol. The van der Waals surface area contributed by atoms with Gasteiger partial charge in [0.15, 0.2) is 0 Å². The van der Waals surface area contributed by atoms with Crippen LogP contribution in [0.2, 0.25) is 0 Å². The van der Waals surface area contributed by atoms with E-state index in [1.807, 2.05) is 0 Å². The van der Waals surface area contributed by atoms with E-state index in [4.69, 9.17) is 4.18 Å². The fourth-order valence-electron chi connectivity index (χ4n) is 1.46. The molecule has 0 fully saturated rings. The lowest BCUT2D eigenvalue weighted by molar-refractivity contribution is 0.468. The van der Waals surface area contributed by atoms with Crippen molar-refractivity contribution in [3.8, 4) is 11.5 Å². The molecule has 1 heterocycles. The van der Waals surface area contributed by atoms with Gasteiger partial charge < -0.3 is 8.37 Å². The maximum absolute atomic E-state index is 11.2. The van der Waals surface area contributed by atoms with Crippen molar-refractivity contribution in [1.29, 1.82) is 0 Å². The van der Waals surface area contributed by atoms with E-state index in [1.54, 1.807) is 6.07 Å². The SMILES string of the molecule is CS(=O)(=O)Oc1ccc2c(c1)OS(=O)(=O)CC2. The van der Waals surface area contributed by atoms with Gasteiger partial charge in [0.2, 0.25) is 0 Å². The maximum atomic E-state index is 11.2. The van der Waals surface area contributed by atoms with E-state index in [0.29, 0.717) is 12.0 Å². The van der Waals surface area contributed by atoms with Crippen molar-refractivity contribution in [3.05, 3.63) is 23.8 Å². The highest BCUT2D eigenvalue weighted by Crippen LogP contribution is 2.30. The first kappa shape index (κ1) is 12.2. The first-order valence-electron chi connectivity index (χ1n) is 4.70. The lowest BCUT2D eigenvalue weighted by atomic mass is 10.1. The van der Waals surface area contributed by atoms with E-state index in [9.17, 15) is 16.8 Å². The number of aryl methyl sites for hydroxylation is 1. The molecule has 0 spiro atoms. The molecular formula is C9H10O6S2. The number of hydrogen-bond donors (Lipinski definition) is 0. The van der Waals surface area contributed by atoms with Crippen LogP contribution in [0.4, 0.5) is 0 Å². The minimum absolute atomic E-state index is 0.0309. The summed E-state index contributed by atoms with van der Waals surface area (Å²) in [5.74, 6) is 0.0764. The van der Waals surface area contributed by atoms with E-state index >= 15 is 0 Å². The minimum Gasteiger partial charge on any atom is -0.382 e. The Morgan fingerprint density at radius 2 is 2.06 bits per heavy atom. The summed E-state index contributed by atoms with van der Waals surface area (Å²) in [6, 6.07) is 4.30. The van der Waals surface area contributed by atoms with Crippen LogP contribution in [0.1, 0.15) is 5.56 Å². The monoisotopic (exact) mass is 278 g/mol. The predicted molar refractivity (Wildman–Crippen MR) is 60.0 cm³/mol. The fourth-order valence-corrected chi connectivity index (χ4v) is 2.89. The average Bonchev–Trinajstić information content (AvgIpc) is 2.12. The van der Waals surface area contributed by atoms with Crippen LogP contribution in [-0.4, -0.2) is 28.8 Å². The van der Waals surface area contributed by atoms with Gasteiger partial charge in [-0.1, -0.05) is 6.07 Å².